The van der Waals surface area contributed by atoms with Crippen molar-refractivity contribution in [2.24, 2.45) is 0 Å². The second kappa shape index (κ2) is 9.05. The average Bonchev–Trinajstić information content (AvgIpc) is 3.02. The molecule has 0 radical (unpaired) electrons. The molecular weight excluding hydrogens is 439 g/mol. The van der Waals surface area contributed by atoms with Gasteiger partial charge >= 0.3 is 12.1 Å². The van der Waals surface area contributed by atoms with E-state index in [4.69, 9.17) is 4.74 Å². The second-order valence-corrected chi connectivity index (χ2v) is 7.73. The molecule has 0 aliphatic carbocycles. The van der Waals surface area contributed by atoms with Crippen molar-refractivity contribution in [3.8, 4) is 0 Å². The molecule has 0 atom stereocenters. The fourth-order valence-corrected chi connectivity index (χ4v) is 3.73. The largest absolute Gasteiger partial charge is 0.452 e. The summed E-state index contributed by atoms with van der Waals surface area (Å²) in [5.41, 5.74) is -0.648. The Labute approximate surface area is 186 Å². The molecule has 10 heteroatoms. The predicted octanol–water partition coefficient (Wildman–Crippen LogP) is 3.94. The Hall–Kier alpha value is -3.69. The number of aromatic nitrogens is 2. The molecule has 7 nitrogen and oxygen atoms in total. The van der Waals surface area contributed by atoms with Crippen LogP contribution in [0, 0.1) is 0 Å². The maximum absolute atomic E-state index is 12.8. The van der Waals surface area contributed by atoms with Crippen LogP contribution in [0.5, 0.6) is 0 Å². The number of aryl methyl sites for hydroxylation is 1. The molecule has 1 aliphatic rings. The highest BCUT2D eigenvalue weighted by atomic mass is 19.4. The van der Waals surface area contributed by atoms with Crippen molar-refractivity contribution in [1.29, 1.82) is 0 Å². The lowest BCUT2D eigenvalue weighted by atomic mass is 10.1. The fourth-order valence-electron chi connectivity index (χ4n) is 3.73. The molecule has 0 unspecified atom stereocenters. The smallest absolute Gasteiger partial charge is 0.416 e. The minimum absolute atomic E-state index is 0.0676. The van der Waals surface area contributed by atoms with Gasteiger partial charge in [0.05, 0.1) is 22.0 Å². The summed E-state index contributed by atoms with van der Waals surface area (Å²) in [6.45, 7) is -0.0741. The fraction of sp³-hybridized carbons (Fsp3) is 0.304. The van der Waals surface area contributed by atoms with Gasteiger partial charge in [0.1, 0.15) is 5.82 Å². The number of carbonyl (C=O) groups excluding carboxylic acids is 2. The number of carbonyl (C=O) groups is 2. The van der Waals surface area contributed by atoms with Crippen LogP contribution in [0.2, 0.25) is 0 Å². The van der Waals surface area contributed by atoms with E-state index in [2.05, 4.69) is 10.3 Å². The maximum atomic E-state index is 12.8. The van der Waals surface area contributed by atoms with Crippen molar-refractivity contribution in [1.82, 2.24) is 9.55 Å². The molecule has 0 saturated heterocycles. The lowest BCUT2D eigenvalue weighted by Crippen LogP contribution is -2.25. The van der Waals surface area contributed by atoms with Crippen LogP contribution >= 0.6 is 0 Å². The third kappa shape index (κ3) is 5.05. The van der Waals surface area contributed by atoms with Crippen LogP contribution in [0.25, 0.3) is 10.9 Å². The third-order valence-corrected chi connectivity index (χ3v) is 5.36. The Bertz CT molecular complexity index is 1280. The summed E-state index contributed by atoms with van der Waals surface area (Å²) in [5, 5.41) is 2.65. The third-order valence-electron chi connectivity index (χ3n) is 5.36. The van der Waals surface area contributed by atoms with Crippen molar-refractivity contribution in [3.63, 3.8) is 0 Å². The summed E-state index contributed by atoms with van der Waals surface area (Å²) < 4.78 is 45.0. The Balaban J connectivity index is 1.45. The summed E-state index contributed by atoms with van der Waals surface area (Å²) in [7, 11) is 0. The second-order valence-electron chi connectivity index (χ2n) is 7.73. The molecule has 3 aromatic rings. The number of nitrogens with one attached hydrogen (secondary N) is 1. The zero-order valence-corrected chi connectivity index (χ0v) is 17.4. The lowest BCUT2D eigenvalue weighted by Gasteiger charge is -2.11. The molecule has 172 valence electrons. The first-order chi connectivity index (χ1) is 15.7. The highest BCUT2D eigenvalue weighted by Crippen LogP contribution is 2.30. The van der Waals surface area contributed by atoms with E-state index in [-0.39, 0.29) is 16.8 Å². The SMILES string of the molecule is O=C(COC(=O)c1ccc2c(=O)n3c(nc2c1)CCCCC3)Nc1cccc(C(F)(F)F)c1. The first kappa shape index (κ1) is 22.5. The number of ether oxygens (including phenoxy) is 1. The lowest BCUT2D eigenvalue weighted by molar-refractivity contribution is -0.137. The number of fused-ring (bicyclic) bond motifs is 2. The molecular formula is C23H20F3N3O4. The molecule has 0 spiro atoms. The van der Waals surface area contributed by atoms with E-state index >= 15 is 0 Å². The highest BCUT2D eigenvalue weighted by molar-refractivity contribution is 5.97. The topological polar surface area (TPSA) is 90.3 Å². The van der Waals surface area contributed by atoms with E-state index in [1.807, 2.05) is 0 Å². The Morgan fingerprint density at radius 1 is 1.09 bits per heavy atom. The van der Waals surface area contributed by atoms with Gasteiger partial charge in [-0.25, -0.2) is 9.78 Å². The number of amides is 1. The van der Waals surface area contributed by atoms with Gasteiger partial charge in [-0.2, -0.15) is 13.2 Å². The van der Waals surface area contributed by atoms with E-state index in [0.717, 1.165) is 37.5 Å². The molecule has 1 amide bonds. The van der Waals surface area contributed by atoms with Crippen LogP contribution in [0.1, 0.15) is 41.0 Å². The van der Waals surface area contributed by atoms with Gasteiger partial charge in [0.15, 0.2) is 6.61 Å². The normalized spacial score (nSPS) is 13.8. The Morgan fingerprint density at radius 3 is 2.70 bits per heavy atom. The van der Waals surface area contributed by atoms with Crippen LogP contribution in [-0.2, 0) is 28.7 Å². The predicted molar refractivity (Wildman–Crippen MR) is 114 cm³/mol. The molecule has 2 heterocycles. The van der Waals surface area contributed by atoms with Crippen LogP contribution < -0.4 is 10.9 Å². The number of nitrogens with zero attached hydrogens (tertiary/aromatic N) is 2. The Kier molecular flexibility index (Phi) is 6.17. The summed E-state index contributed by atoms with van der Waals surface area (Å²) in [6, 6.07) is 8.49. The van der Waals surface area contributed by atoms with Gasteiger partial charge in [-0.3, -0.25) is 14.2 Å². The number of halogens is 3. The van der Waals surface area contributed by atoms with Crippen molar-refractivity contribution in [2.75, 3.05) is 11.9 Å². The highest BCUT2D eigenvalue weighted by Gasteiger charge is 2.30. The molecule has 33 heavy (non-hydrogen) atoms. The first-order valence-corrected chi connectivity index (χ1v) is 10.4. The van der Waals surface area contributed by atoms with Crippen LogP contribution in [0.4, 0.5) is 18.9 Å². The van der Waals surface area contributed by atoms with E-state index in [1.54, 1.807) is 4.57 Å². The number of hydrogen-bond acceptors (Lipinski definition) is 5. The first-order valence-electron chi connectivity index (χ1n) is 10.4. The zero-order valence-electron chi connectivity index (χ0n) is 17.4. The van der Waals surface area contributed by atoms with E-state index in [1.165, 1.54) is 24.3 Å². The van der Waals surface area contributed by atoms with Crippen LogP contribution in [0.15, 0.2) is 47.3 Å². The molecule has 1 aromatic heterocycles. The van der Waals surface area contributed by atoms with Crippen LogP contribution in [-0.4, -0.2) is 28.0 Å². The van der Waals surface area contributed by atoms with E-state index in [0.29, 0.717) is 29.7 Å². The van der Waals surface area contributed by atoms with Crippen molar-refractivity contribution >= 4 is 28.5 Å². The zero-order chi connectivity index (χ0) is 23.6. The number of rotatable bonds is 4. The number of hydrogen-bond donors (Lipinski definition) is 1. The molecule has 2 aromatic carbocycles. The molecule has 4 rings (SSSR count). The van der Waals surface area contributed by atoms with Gasteiger partial charge in [0.2, 0.25) is 0 Å². The molecule has 0 saturated carbocycles. The summed E-state index contributed by atoms with van der Waals surface area (Å²) in [6.07, 6.45) is -1.01. The Morgan fingerprint density at radius 2 is 1.91 bits per heavy atom. The monoisotopic (exact) mass is 459 g/mol. The standard InChI is InChI=1S/C23H20F3N3O4/c24-23(25,26)15-5-4-6-16(12-15)27-20(30)13-33-22(32)14-8-9-17-18(11-14)28-19-7-2-1-3-10-29(19)21(17)31/h4-6,8-9,11-12H,1-3,7,10,13H2,(H,27,30). The number of anilines is 1. The minimum atomic E-state index is -4.54. The van der Waals surface area contributed by atoms with E-state index in [9.17, 15) is 27.6 Å². The van der Waals surface area contributed by atoms with Gasteiger partial charge in [-0.15, -0.1) is 0 Å². The van der Waals surface area contributed by atoms with Crippen LogP contribution in [0.3, 0.4) is 0 Å². The minimum Gasteiger partial charge on any atom is -0.452 e. The summed E-state index contributed by atoms with van der Waals surface area (Å²) in [4.78, 5) is 41.7. The van der Waals surface area contributed by atoms with Gasteiger partial charge < -0.3 is 10.1 Å². The van der Waals surface area contributed by atoms with Gasteiger partial charge in [0.25, 0.3) is 11.5 Å². The molecule has 1 aliphatic heterocycles. The quantitative estimate of drug-likeness (QED) is 0.597. The molecule has 1 N–H and O–H groups in total. The van der Waals surface area contributed by atoms with Crippen molar-refractivity contribution < 1.29 is 27.5 Å². The van der Waals surface area contributed by atoms with Gasteiger partial charge in [-0.05, 0) is 49.2 Å². The van der Waals surface area contributed by atoms with Gasteiger partial charge in [0, 0.05) is 18.7 Å². The number of benzene rings is 2. The number of alkyl halides is 3. The van der Waals surface area contributed by atoms with Crippen molar-refractivity contribution in [3.05, 3.63) is 69.8 Å². The van der Waals surface area contributed by atoms with Crippen molar-refractivity contribution in [2.45, 2.75) is 38.4 Å². The maximum Gasteiger partial charge on any atom is 0.416 e. The molecule has 0 fully saturated rings. The summed E-state index contributed by atoms with van der Waals surface area (Å²) in [5.74, 6) is -0.922. The van der Waals surface area contributed by atoms with E-state index < -0.39 is 30.2 Å². The number of esters is 1. The summed E-state index contributed by atoms with van der Waals surface area (Å²) >= 11 is 0. The average molecular weight is 459 g/mol. The molecule has 0 bridgehead atoms. The van der Waals surface area contributed by atoms with Gasteiger partial charge in [-0.1, -0.05) is 12.5 Å².